The van der Waals surface area contributed by atoms with Gasteiger partial charge in [-0.25, -0.2) is 13.1 Å². The Kier molecular flexibility index (Phi) is 2.93. The normalized spacial score (nSPS) is 31.1. The maximum absolute atomic E-state index is 12.1. The number of fused-ring (bicyclic) bond motifs is 2. The van der Waals surface area contributed by atoms with Gasteiger partial charge in [-0.2, -0.15) is 0 Å². The summed E-state index contributed by atoms with van der Waals surface area (Å²) in [5.41, 5.74) is 0. The summed E-state index contributed by atoms with van der Waals surface area (Å²) >= 11 is 0. The molecule has 1 aromatic heterocycles. The molecule has 2 aliphatic heterocycles. The minimum absolute atomic E-state index is 0.0166. The Bertz CT molecular complexity index is 537. The highest BCUT2D eigenvalue weighted by atomic mass is 32.2. The summed E-state index contributed by atoms with van der Waals surface area (Å²) in [5.74, 6) is 0.236. The lowest BCUT2D eigenvalue weighted by Gasteiger charge is -2.18. The van der Waals surface area contributed by atoms with Crippen molar-refractivity contribution in [2.75, 3.05) is 0 Å². The van der Waals surface area contributed by atoms with Crippen LogP contribution in [0.2, 0.25) is 0 Å². The average molecular weight is 273 g/mol. The molecule has 0 aliphatic carbocycles. The third-order valence-electron chi connectivity index (χ3n) is 3.47. The number of aliphatic hydroxyl groups is 1. The Hall–Kier alpha value is -0.890. The predicted octanol–water partition coefficient (Wildman–Crippen LogP) is 0.370. The van der Waals surface area contributed by atoms with Crippen LogP contribution in [-0.4, -0.2) is 31.8 Å². The monoisotopic (exact) mass is 273 g/mol. The first kappa shape index (κ1) is 12.2. The Balaban J connectivity index is 1.75. The number of hydrogen-bond acceptors (Lipinski definition) is 5. The molecule has 6 nitrogen and oxygen atoms in total. The van der Waals surface area contributed by atoms with Gasteiger partial charge in [0.05, 0.1) is 18.2 Å². The van der Waals surface area contributed by atoms with Crippen LogP contribution < -0.4 is 4.72 Å². The van der Waals surface area contributed by atoms with Crippen LogP contribution >= 0.6 is 0 Å². The first-order chi connectivity index (χ1) is 8.58. The maximum atomic E-state index is 12.1. The second-order valence-electron chi connectivity index (χ2n) is 4.72. The van der Waals surface area contributed by atoms with Crippen molar-refractivity contribution < 1.29 is 22.7 Å². The molecule has 0 saturated carbocycles. The molecule has 3 heterocycles. The molecule has 18 heavy (non-hydrogen) atoms. The molecule has 2 saturated heterocycles. The van der Waals surface area contributed by atoms with Crippen molar-refractivity contribution in [3.8, 4) is 0 Å². The molecule has 0 spiro atoms. The van der Waals surface area contributed by atoms with Crippen molar-refractivity contribution in [2.45, 2.75) is 49.2 Å². The number of rotatable bonds is 4. The van der Waals surface area contributed by atoms with Crippen molar-refractivity contribution >= 4 is 10.0 Å². The van der Waals surface area contributed by atoms with Crippen molar-refractivity contribution in [2.24, 2.45) is 0 Å². The average Bonchev–Trinajstić information content (AvgIpc) is 3.04. The van der Waals surface area contributed by atoms with Gasteiger partial charge >= 0.3 is 0 Å². The molecule has 3 unspecified atom stereocenters. The van der Waals surface area contributed by atoms with Gasteiger partial charge in [0.25, 0.3) is 10.0 Å². The molecular weight excluding hydrogens is 258 g/mol. The summed E-state index contributed by atoms with van der Waals surface area (Å²) in [6.45, 7) is -0.313. The van der Waals surface area contributed by atoms with E-state index in [9.17, 15) is 8.42 Å². The van der Waals surface area contributed by atoms with Gasteiger partial charge < -0.3 is 14.3 Å². The Morgan fingerprint density at radius 2 is 2.22 bits per heavy atom. The van der Waals surface area contributed by atoms with Crippen molar-refractivity contribution in [1.29, 1.82) is 0 Å². The first-order valence-electron chi connectivity index (χ1n) is 5.96. The molecular formula is C11H15NO5S. The number of ether oxygens (including phenoxy) is 1. The van der Waals surface area contributed by atoms with E-state index in [2.05, 4.69) is 4.72 Å². The van der Waals surface area contributed by atoms with Gasteiger partial charge in [-0.1, -0.05) is 0 Å². The smallest absolute Gasteiger partial charge is 0.274 e. The zero-order valence-corrected chi connectivity index (χ0v) is 10.5. The van der Waals surface area contributed by atoms with E-state index in [0.717, 1.165) is 19.3 Å². The van der Waals surface area contributed by atoms with Gasteiger partial charge in [-0.05, 0) is 31.4 Å². The fourth-order valence-electron chi connectivity index (χ4n) is 2.61. The summed E-state index contributed by atoms with van der Waals surface area (Å²) in [6, 6.07) is 2.63. The van der Waals surface area contributed by atoms with Crippen LogP contribution in [0.4, 0.5) is 0 Å². The van der Waals surface area contributed by atoms with E-state index in [-0.39, 0.29) is 35.7 Å². The minimum Gasteiger partial charge on any atom is -0.446 e. The zero-order valence-electron chi connectivity index (χ0n) is 9.70. The second kappa shape index (κ2) is 4.34. The van der Waals surface area contributed by atoms with Crippen LogP contribution in [0.15, 0.2) is 21.6 Å². The van der Waals surface area contributed by atoms with Gasteiger partial charge in [0, 0.05) is 0 Å². The third-order valence-corrected chi connectivity index (χ3v) is 4.83. The van der Waals surface area contributed by atoms with E-state index in [4.69, 9.17) is 14.3 Å². The van der Waals surface area contributed by atoms with Gasteiger partial charge in [-0.3, -0.25) is 0 Å². The molecule has 0 aromatic carbocycles. The minimum atomic E-state index is -3.66. The lowest BCUT2D eigenvalue weighted by Crippen LogP contribution is -2.41. The first-order valence-corrected chi connectivity index (χ1v) is 7.44. The fraction of sp³-hybridized carbons (Fsp3) is 0.636. The third kappa shape index (κ3) is 2.07. The number of aliphatic hydroxyl groups excluding tert-OH is 1. The van der Waals surface area contributed by atoms with E-state index in [0.29, 0.717) is 0 Å². The van der Waals surface area contributed by atoms with Crippen LogP contribution in [0.3, 0.4) is 0 Å². The summed E-state index contributed by atoms with van der Waals surface area (Å²) in [5, 5.41) is 8.70. The van der Waals surface area contributed by atoms with Crippen molar-refractivity contribution in [3.05, 3.63) is 17.9 Å². The van der Waals surface area contributed by atoms with E-state index in [1.807, 2.05) is 0 Å². The number of sulfonamides is 1. The molecule has 100 valence electrons. The van der Waals surface area contributed by atoms with Crippen LogP contribution in [0.5, 0.6) is 0 Å². The van der Waals surface area contributed by atoms with Crippen LogP contribution in [0, 0.1) is 0 Å². The number of nitrogens with one attached hydrogen (secondary N) is 1. The molecule has 7 heteroatoms. The SMILES string of the molecule is O=S(=O)(NC1CC2CCC1O2)c1ccc(CO)o1. The van der Waals surface area contributed by atoms with Gasteiger partial charge in [-0.15, -0.1) is 0 Å². The topological polar surface area (TPSA) is 88.8 Å². The van der Waals surface area contributed by atoms with E-state index in [1.165, 1.54) is 12.1 Å². The Morgan fingerprint density at radius 1 is 1.39 bits per heavy atom. The van der Waals surface area contributed by atoms with Crippen LogP contribution in [-0.2, 0) is 21.4 Å². The van der Waals surface area contributed by atoms with Gasteiger partial charge in [0.1, 0.15) is 12.4 Å². The summed E-state index contributed by atoms with van der Waals surface area (Å²) in [7, 11) is -3.66. The maximum Gasteiger partial charge on any atom is 0.274 e. The molecule has 2 bridgehead atoms. The summed E-state index contributed by atoms with van der Waals surface area (Å²) < 4.78 is 37.4. The highest BCUT2D eigenvalue weighted by Gasteiger charge is 2.42. The Labute approximate surface area is 105 Å². The molecule has 3 rings (SSSR count). The standard InChI is InChI=1S/C11H15NO5S/c13-6-8-2-4-11(17-8)18(14,15)12-9-5-7-1-3-10(9)16-7/h2,4,7,9-10,12-13H,1,3,5-6H2. The highest BCUT2D eigenvalue weighted by Crippen LogP contribution is 2.35. The zero-order chi connectivity index (χ0) is 12.8. The molecule has 2 N–H and O–H groups in total. The lowest BCUT2D eigenvalue weighted by molar-refractivity contribution is 0.0995. The predicted molar refractivity (Wildman–Crippen MR) is 61.3 cm³/mol. The largest absolute Gasteiger partial charge is 0.446 e. The second-order valence-corrected chi connectivity index (χ2v) is 6.36. The van der Waals surface area contributed by atoms with Crippen molar-refractivity contribution in [3.63, 3.8) is 0 Å². The molecule has 2 fully saturated rings. The van der Waals surface area contributed by atoms with Crippen LogP contribution in [0.25, 0.3) is 0 Å². The summed E-state index contributed by atoms with van der Waals surface area (Å²) in [4.78, 5) is 0. The Morgan fingerprint density at radius 3 is 2.78 bits per heavy atom. The molecule has 2 aliphatic rings. The number of furan rings is 1. The fourth-order valence-corrected chi connectivity index (χ4v) is 3.83. The van der Waals surface area contributed by atoms with Gasteiger partial charge in [0.2, 0.25) is 5.09 Å². The van der Waals surface area contributed by atoms with E-state index < -0.39 is 10.0 Å². The quantitative estimate of drug-likeness (QED) is 0.827. The summed E-state index contributed by atoms with van der Waals surface area (Å²) in [6.07, 6.45) is 2.80. The molecule has 1 aromatic rings. The van der Waals surface area contributed by atoms with Crippen molar-refractivity contribution in [1.82, 2.24) is 4.72 Å². The molecule has 0 radical (unpaired) electrons. The molecule has 0 amide bonds. The van der Waals surface area contributed by atoms with Crippen LogP contribution in [0.1, 0.15) is 25.0 Å². The highest BCUT2D eigenvalue weighted by molar-refractivity contribution is 7.89. The number of hydrogen-bond donors (Lipinski definition) is 2. The van der Waals surface area contributed by atoms with Gasteiger partial charge in [0.15, 0.2) is 0 Å². The van der Waals surface area contributed by atoms with E-state index in [1.54, 1.807) is 0 Å². The van der Waals surface area contributed by atoms with E-state index >= 15 is 0 Å². The molecule has 3 atom stereocenters. The lowest BCUT2D eigenvalue weighted by atomic mass is 9.96.